The molecule has 2 N–H and O–H groups in total. The molecule has 1 aliphatic heterocycles. The number of morpholine rings is 1. The van der Waals surface area contributed by atoms with E-state index in [-0.39, 0.29) is 5.91 Å². The van der Waals surface area contributed by atoms with Gasteiger partial charge in [-0.05, 0) is 24.6 Å². The predicted molar refractivity (Wildman–Crippen MR) is 101 cm³/mol. The minimum absolute atomic E-state index is 0.149. The van der Waals surface area contributed by atoms with Crippen LogP contribution in [0.3, 0.4) is 0 Å². The summed E-state index contributed by atoms with van der Waals surface area (Å²) in [6.07, 6.45) is 2.10. The number of nitrogens with zero attached hydrogens (tertiary/aromatic N) is 1. The van der Waals surface area contributed by atoms with Crippen LogP contribution in [0.2, 0.25) is 0 Å². The average molecular weight is 371 g/mol. The number of benzene rings is 1. The molecule has 1 aliphatic rings. The summed E-state index contributed by atoms with van der Waals surface area (Å²) in [7, 11) is 0. The Hall–Kier alpha value is -2.64. The molecule has 144 valence electrons. The summed E-state index contributed by atoms with van der Waals surface area (Å²) in [5.41, 5.74) is 0.778. The molecule has 7 heteroatoms. The van der Waals surface area contributed by atoms with Crippen LogP contribution in [-0.4, -0.2) is 43.3 Å². The Labute approximate surface area is 159 Å². The number of carbonyl (C=O) groups excluding carboxylic acids is 1. The van der Waals surface area contributed by atoms with E-state index in [1.165, 1.54) is 0 Å². The van der Waals surface area contributed by atoms with E-state index >= 15 is 0 Å². The van der Waals surface area contributed by atoms with Gasteiger partial charge in [-0.1, -0.05) is 25.1 Å². The van der Waals surface area contributed by atoms with Gasteiger partial charge in [-0.15, -0.1) is 0 Å². The highest BCUT2D eigenvalue weighted by atomic mass is 16.5. The molecule has 1 fully saturated rings. The van der Waals surface area contributed by atoms with E-state index in [0.717, 1.165) is 18.5 Å². The summed E-state index contributed by atoms with van der Waals surface area (Å²) in [5, 5.41) is 6.03. The highest BCUT2D eigenvalue weighted by Crippen LogP contribution is 2.31. The molecule has 1 aromatic carbocycles. The third kappa shape index (κ3) is 5.42. The molecule has 2 heterocycles. The third-order valence-electron chi connectivity index (χ3n) is 4.04. The second kappa shape index (κ2) is 9.89. The van der Waals surface area contributed by atoms with Gasteiger partial charge in [0.25, 0.3) is 5.91 Å². The lowest BCUT2D eigenvalue weighted by Crippen LogP contribution is -2.47. The lowest BCUT2D eigenvalue weighted by atomic mass is 10.2. The van der Waals surface area contributed by atoms with Crippen molar-refractivity contribution in [2.75, 3.05) is 26.3 Å². The Kier molecular flexibility index (Phi) is 7.01. The largest absolute Gasteiger partial charge is 0.490 e. The molecular weight excluding hydrogens is 346 g/mol. The van der Waals surface area contributed by atoms with Gasteiger partial charge in [0.1, 0.15) is 6.10 Å². The summed E-state index contributed by atoms with van der Waals surface area (Å²) >= 11 is 0. The molecule has 0 saturated carbocycles. The quantitative estimate of drug-likeness (QED) is 0.741. The van der Waals surface area contributed by atoms with Gasteiger partial charge in [-0.25, -0.2) is 4.98 Å². The maximum Gasteiger partial charge on any atom is 0.250 e. The standard InChI is InChI=1S/C20H25N3O4/c1-2-11-25-16-7-3-4-8-17(16)27-20-15(6-5-9-22-20)13-23-19(24)18-14-21-10-12-26-18/h3-9,18,21H,2,10-14H2,1H3,(H,23,24). The molecule has 3 rings (SSSR count). The first kappa shape index (κ1) is 19.1. The maximum atomic E-state index is 12.3. The van der Waals surface area contributed by atoms with Crippen molar-refractivity contribution in [2.24, 2.45) is 0 Å². The number of hydrogen-bond acceptors (Lipinski definition) is 6. The number of aromatic nitrogens is 1. The molecule has 1 aromatic heterocycles. The van der Waals surface area contributed by atoms with Crippen LogP contribution in [-0.2, 0) is 16.1 Å². The number of amides is 1. The van der Waals surface area contributed by atoms with E-state index in [4.69, 9.17) is 14.2 Å². The minimum atomic E-state index is -0.469. The number of carbonyl (C=O) groups is 1. The molecule has 7 nitrogen and oxygen atoms in total. The van der Waals surface area contributed by atoms with Crippen molar-refractivity contribution in [3.05, 3.63) is 48.2 Å². The fourth-order valence-corrected chi connectivity index (χ4v) is 2.65. The van der Waals surface area contributed by atoms with Gasteiger partial charge in [-0.3, -0.25) is 4.79 Å². The molecule has 0 radical (unpaired) electrons. The number of nitrogens with one attached hydrogen (secondary N) is 2. The molecule has 1 unspecified atom stereocenters. The summed E-state index contributed by atoms with van der Waals surface area (Å²) in [6, 6.07) is 11.2. The SMILES string of the molecule is CCCOc1ccccc1Oc1ncccc1CNC(=O)C1CNCCO1. The van der Waals surface area contributed by atoms with Crippen LogP contribution in [0, 0.1) is 0 Å². The summed E-state index contributed by atoms with van der Waals surface area (Å²) in [4.78, 5) is 16.6. The zero-order valence-electron chi connectivity index (χ0n) is 15.4. The monoisotopic (exact) mass is 371 g/mol. The van der Waals surface area contributed by atoms with Crippen LogP contribution in [0.15, 0.2) is 42.6 Å². The fourth-order valence-electron chi connectivity index (χ4n) is 2.65. The smallest absolute Gasteiger partial charge is 0.250 e. The second-order valence-electron chi connectivity index (χ2n) is 6.15. The van der Waals surface area contributed by atoms with Crippen LogP contribution < -0.4 is 20.1 Å². The number of para-hydroxylation sites is 2. The van der Waals surface area contributed by atoms with Gasteiger partial charge in [0.2, 0.25) is 5.88 Å². The molecule has 2 aromatic rings. The predicted octanol–water partition coefficient (Wildman–Crippen LogP) is 2.27. The van der Waals surface area contributed by atoms with Crippen LogP contribution in [0.25, 0.3) is 0 Å². The van der Waals surface area contributed by atoms with Crippen LogP contribution in [0.1, 0.15) is 18.9 Å². The molecule has 0 aliphatic carbocycles. The lowest BCUT2D eigenvalue weighted by Gasteiger charge is -2.22. The van der Waals surface area contributed by atoms with Gasteiger partial charge >= 0.3 is 0 Å². The fraction of sp³-hybridized carbons (Fsp3) is 0.400. The van der Waals surface area contributed by atoms with Gasteiger partial charge in [-0.2, -0.15) is 0 Å². The lowest BCUT2D eigenvalue weighted by molar-refractivity contribution is -0.134. The number of ether oxygens (including phenoxy) is 3. The van der Waals surface area contributed by atoms with E-state index in [2.05, 4.69) is 22.5 Å². The molecule has 0 bridgehead atoms. The van der Waals surface area contributed by atoms with Crippen LogP contribution >= 0.6 is 0 Å². The first-order chi connectivity index (χ1) is 13.3. The van der Waals surface area contributed by atoms with Crippen LogP contribution in [0.5, 0.6) is 17.4 Å². The summed E-state index contributed by atoms with van der Waals surface area (Å²) in [6.45, 7) is 4.79. The number of hydrogen-bond donors (Lipinski definition) is 2. The van der Waals surface area contributed by atoms with E-state index < -0.39 is 6.10 Å². The zero-order valence-corrected chi connectivity index (χ0v) is 15.4. The molecule has 1 saturated heterocycles. The Bertz CT molecular complexity index is 748. The normalized spacial score (nSPS) is 16.6. The van der Waals surface area contributed by atoms with Crippen molar-refractivity contribution in [1.82, 2.24) is 15.6 Å². The van der Waals surface area contributed by atoms with Crippen molar-refractivity contribution in [2.45, 2.75) is 26.0 Å². The molecule has 0 spiro atoms. The Morgan fingerprint density at radius 2 is 2.15 bits per heavy atom. The molecule has 27 heavy (non-hydrogen) atoms. The van der Waals surface area contributed by atoms with E-state index in [1.54, 1.807) is 6.20 Å². The highest BCUT2D eigenvalue weighted by molar-refractivity contribution is 5.81. The van der Waals surface area contributed by atoms with E-state index in [9.17, 15) is 4.79 Å². The first-order valence-corrected chi connectivity index (χ1v) is 9.21. The maximum absolute atomic E-state index is 12.3. The van der Waals surface area contributed by atoms with E-state index in [1.807, 2.05) is 36.4 Å². The van der Waals surface area contributed by atoms with Crippen molar-refractivity contribution < 1.29 is 19.0 Å². The first-order valence-electron chi connectivity index (χ1n) is 9.21. The molecule has 1 amide bonds. The second-order valence-corrected chi connectivity index (χ2v) is 6.15. The Morgan fingerprint density at radius 3 is 2.93 bits per heavy atom. The average Bonchev–Trinajstić information content (AvgIpc) is 2.73. The van der Waals surface area contributed by atoms with Crippen LogP contribution in [0.4, 0.5) is 0 Å². The number of rotatable bonds is 8. The van der Waals surface area contributed by atoms with Gasteiger partial charge < -0.3 is 24.8 Å². The third-order valence-corrected chi connectivity index (χ3v) is 4.04. The van der Waals surface area contributed by atoms with Gasteiger partial charge in [0.15, 0.2) is 11.5 Å². The van der Waals surface area contributed by atoms with Crippen molar-refractivity contribution in [1.29, 1.82) is 0 Å². The Morgan fingerprint density at radius 1 is 1.30 bits per heavy atom. The highest BCUT2D eigenvalue weighted by Gasteiger charge is 2.21. The van der Waals surface area contributed by atoms with Gasteiger partial charge in [0.05, 0.1) is 13.2 Å². The zero-order chi connectivity index (χ0) is 18.9. The van der Waals surface area contributed by atoms with Crippen molar-refractivity contribution >= 4 is 5.91 Å². The van der Waals surface area contributed by atoms with Gasteiger partial charge in [0, 0.05) is 31.4 Å². The summed E-state index contributed by atoms with van der Waals surface area (Å²) in [5.74, 6) is 1.55. The molecular formula is C20H25N3O4. The van der Waals surface area contributed by atoms with E-state index in [0.29, 0.717) is 43.7 Å². The molecule has 1 atom stereocenters. The topological polar surface area (TPSA) is 81.7 Å². The van der Waals surface area contributed by atoms with Crippen molar-refractivity contribution in [3.8, 4) is 17.4 Å². The minimum Gasteiger partial charge on any atom is -0.490 e. The Balaban J connectivity index is 1.66. The summed E-state index contributed by atoms with van der Waals surface area (Å²) < 4.78 is 17.2. The number of pyridine rings is 1. The van der Waals surface area contributed by atoms with Crippen molar-refractivity contribution in [3.63, 3.8) is 0 Å².